The maximum absolute atomic E-state index is 13.1. The van der Waals surface area contributed by atoms with E-state index in [2.05, 4.69) is 0 Å². The Kier molecular flexibility index (Phi) is 4.34. The largest absolute Gasteiger partial charge is 0.417 e. The van der Waals surface area contributed by atoms with Crippen LogP contribution in [0, 0.1) is 0 Å². The van der Waals surface area contributed by atoms with E-state index in [1.165, 1.54) is 30.3 Å². The van der Waals surface area contributed by atoms with Crippen LogP contribution in [0.5, 0.6) is 0 Å². The van der Waals surface area contributed by atoms with Crippen molar-refractivity contribution in [1.82, 2.24) is 0 Å². The van der Waals surface area contributed by atoms with Crippen LogP contribution in [0.2, 0.25) is 0 Å². The summed E-state index contributed by atoms with van der Waals surface area (Å²) in [6.07, 6.45) is -3.60. The third kappa shape index (κ3) is 3.79. The number of Topliss-reactive ketones (excluding diaryl/α,β-unsaturated/α-hetero) is 1. The Bertz CT molecular complexity index is 851. The molecule has 3 nitrogen and oxygen atoms in total. The van der Waals surface area contributed by atoms with Crippen molar-refractivity contribution in [3.8, 4) is 11.1 Å². The molecule has 122 valence electrons. The fraction of sp³-hybridized carbons (Fsp3) is 0.188. The Labute approximate surface area is 131 Å². The zero-order valence-electron chi connectivity index (χ0n) is 12.3. The first-order chi connectivity index (χ1) is 10.5. The van der Waals surface area contributed by atoms with Gasteiger partial charge in [-0.05, 0) is 36.2 Å². The zero-order chi connectivity index (χ0) is 17.4. The van der Waals surface area contributed by atoms with Gasteiger partial charge in [0.05, 0.1) is 10.5 Å². The number of ketones is 1. The van der Waals surface area contributed by atoms with Gasteiger partial charge in [-0.15, -0.1) is 0 Å². The average molecular weight is 342 g/mol. The Morgan fingerprint density at radius 3 is 1.91 bits per heavy atom. The van der Waals surface area contributed by atoms with E-state index < -0.39 is 32.9 Å². The van der Waals surface area contributed by atoms with E-state index in [1.54, 1.807) is 0 Å². The maximum Gasteiger partial charge on any atom is 0.417 e. The van der Waals surface area contributed by atoms with Gasteiger partial charge < -0.3 is 0 Å². The predicted octanol–water partition coefficient (Wildman–Crippen LogP) is 3.98. The standard InChI is InChI=1S/C16H13F3O3S/c1-10(20)14-8-5-12(9-15(14)16(17,18)19)11-3-6-13(7-4-11)23(2,21)22/h3-9H,1-2H3. The summed E-state index contributed by atoms with van der Waals surface area (Å²) >= 11 is 0. The molecule has 0 saturated carbocycles. The van der Waals surface area contributed by atoms with Crippen LogP contribution in [0.3, 0.4) is 0 Å². The molecule has 0 bridgehead atoms. The molecule has 0 amide bonds. The maximum atomic E-state index is 13.1. The summed E-state index contributed by atoms with van der Waals surface area (Å²) in [7, 11) is -3.38. The van der Waals surface area contributed by atoms with Crippen molar-refractivity contribution < 1.29 is 26.4 Å². The second-order valence-corrected chi connectivity index (χ2v) is 7.13. The highest BCUT2D eigenvalue weighted by molar-refractivity contribution is 7.90. The minimum Gasteiger partial charge on any atom is -0.294 e. The SMILES string of the molecule is CC(=O)c1ccc(-c2ccc(S(C)(=O)=O)cc2)cc1C(F)(F)F. The number of hydrogen-bond donors (Lipinski definition) is 0. The number of benzene rings is 2. The average Bonchev–Trinajstić information content (AvgIpc) is 2.45. The molecular weight excluding hydrogens is 329 g/mol. The molecule has 0 fully saturated rings. The number of carbonyl (C=O) groups excluding carboxylic acids is 1. The van der Waals surface area contributed by atoms with E-state index in [4.69, 9.17) is 0 Å². The van der Waals surface area contributed by atoms with Crippen molar-refractivity contribution in [3.05, 3.63) is 53.6 Å². The van der Waals surface area contributed by atoms with Gasteiger partial charge in [-0.25, -0.2) is 8.42 Å². The monoisotopic (exact) mass is 342 g/mol. The van der Waals surface area contributed by atoms with Crippen molar-refractivity contribution in [2.75, 3.05) is 6.26 Å². The van der Waals surface area contributed by atoms with E-state index in [9.17, 15) is 26.4 Å². The lowest BCUT2D eigenvalue weighted by Gasteiger charge is -2.13. The van der Waals surface area contributed by atoms with Crippen LogP contribution in [0.25, 0.3) is 11.1 Å². The molecule has 23 heavy (non-hydrogen) atoms. The van der Waals surface area contributed by atoms with Gasteiger partial charge in [0.2, 0.25) is 0 Å². The lowest BCUT2D eigenvalue weighted by molar-refractivity contribution is -0.137. The minimum absolute atomic E-state index is 0.0812. The van der Waals surface area contributed by atoms with E-state index in [0.29, 0.717) is 5.56 Å². The molecule has 0 aliphatic heterocycles. The Morgan fingerprint density at radius 1 is 0.957 bits per heavy atom. The molecular formula is C16H13F3O3S. The summed E-state index contributed by atoms with van der Waals surface area (Å²) < 4.78 is 62.1. The molecule has 0 spiro atoms. The highest BCUT2D eigenvalue weighted by Gasteiger charge is 2.34. The second kappa shape index (κ2) is 5.81. The molecule has 0 N–H and O–H groups in total. The number of rotatable bonds is 3. The van der Waals surface area contributed by atoms with Gasteiger partial charge in [0.25, 0.3) is 0 Å². The molecule has 0 atom stereocenters. The van der Waals surface area contributed by atoms with Crippen molar-refractivity contribution >= 4 is 15.6 Å². The number of hydrogen-bond acceptors (Lipinski definition) is 3. The lowest BCUT2D eigenvalue weighted by Crippen LogP contribution is -2.11. The summed E-state index contributed by atoms with van der Waals surface area (Å²) in [5.41, 5.74) is -0.718. The van der Waals surface area contributed by atoms with Gasteiger partial charge in [0, 0.05) is 11.8 Å². The predicted molar refractivity (Wildman–Crippen MR) is 80.0 cm³/mol. The summed E-state index contributed by atoms with van der Waals surface area (Å²) in [5.74, 6) is -0.670. The first kappa shape index (κ1) is 17.2. The molecule has 0 aliphatic carbocycles. The van der Waals surface area contributed by atoms with Crippen LogP contribution in [0.15, 0.2) is 47.4 Å². The Morgan fingerprint density at radius 2 is 1.48 bits per heavy atom. The van der Waals surface area contributed by atoms with Crippen molar-refractivity contribution in [2.24, 2.45) is 0 Å². The summed E-state index contributed by atoms with van der Waals surface area (Å²) in [6, 6.07) is 8.95. The Balaban J connectivity index is 2.55. The summed E-state index contributed by atoms with van der Waals surface area (Å²) in [4.78, 5) is 11.4. The molecule has 0 radical (unpaired) electrons. The topological polar surface area (TPSA) is 51.2 Å². The van der Waals surface area contributed by atoms with Crippen LogP contribution < -0.4 is 0 Å². The van der Waals surface area contributed by atoms with Crippen molar-refractivity contribution in [3.63, 3.8) is 0 Å². The van der Waals surface area contributed by atoms with Crippen molar-refractivity contribution in [2.45, 2.75) is 18.0 Å². The second-order valence-electron chi connectivity index (χ2n) is 5.11. The van der Waals surface area contributed by atoms with E-state index in [0.717, 1.165) is 25.3 Å². The van der Waals surface area contributed by atoms with Gasteiger partial charge in [0.1, 0.15) is 0 Å². The number of alkyl halides is 3. The van der Waals surface area contributed by atoms with E-state index in [1.807, 2.05) is 0 Å². The molecule has 7 heteroatoms. The van der Waals surface area contributed by atoms with E-state index >= 15 is 0 Å². The lowest BCUT2D eigenvalue weighted by atomic mass is 9.97. The molecule has 0 heterocycles. The molecule has 2 aromatic rings. The summed E-state index contributed by atoms with van der Waals surface area (Å²) in [5, 5.41) is 0. The van der Waals surface area contributed by atoms with Crippen LogP contribution >= 0.6 is 0 Å². The normalized spacial score (nSPS) is 12.2. The fourth-order valence-electron chi connectivity index (χ4n) is 2.16. The quantitative estimate of drug-likeness (QED) is 0.793. The van der Waals surface area contributed by atoms with Crippen LogP contribution in [0.4, 0.5) is 13.2 Å². The first-order valence-electron chi connectivity index (χ1n) is 6.53. The third-order valence-electron chi connectivity index (χ3n) is 3.32. The minimum atomic E-state index is -4.65. The fourth-order valence-corrected chi connectivity index (χ4v) is 2.79. The van der Waals surface area contributed by atoms with Gasteiger partial charge in [-0.3, -0.25) is 4.79 Å². The van der Waals surface area contributed by atoms with Gasteiger partial charge in [0.15, 0.2) is 15.6 Å². The van der Waals surface area contributed by atoms with Gasteiger partial charge >= 0.3 is 6.18 Å². The molecule has 0 aliphatic rings. The zero-order valence-corrected chi connectivity index (χ0v) is 13.1. The van der Waals surface area contributed by atoms with Gasteiger partial charge in [-0.1, -0.05) is 24.3 Å². The smallest absolute Gasteiger partial charge is 0.294 e. The Hall–Kier alpha value is -2.15. The third-order valence-corrected chi connectivity index (χ3v) is 4.45. The van der Waals surface area contributed by atoms with E-state index in [-0.39, 0.29) is 10.5 Å². The first-order valence-corrected chi connectivity index (χ1v) is 8.42. The number of carbonyl (C=O) groups is 1. The van der Waals surface area contributed by atoms with Crippen LogP contribution in [-0.2, 0) is 16.0 Å². The van der Waals surface area contributed by atoms with Crippen molar-refractivity contribution in [1.29, 1.82) is 0 Å². The molecule has 2 aromatic carbocycles. The molecule has 0 unspecified atom stereocenters. The number of halogens is 3. The summed E-state index contributed by atoms with van der Waals surface area (Å²) in [6.45, 7) is 1.07. The highest BCUT2D eigenvalue weighted by atomic mass is 32.2. The molecule has 0 saturated heterocycles. The highest BCUT2D eigenvalue weighted by Crippen LogP contribution is 2.35. The van der Waals surface area contributed by atoms with Crippen LogP contribution in [0.1, 0.15) is 22.8 Å². The molecule has 2 rings (SSSR count). The van der Waals surface area contributed by atoms with Gasteiger partial charge in [-0.2, -0.15) is 13.2 Å². The van der Waals surface area contributed by atoms with Crippen LogP contribution in [-0.4, -0.2) is 20.5 Å². The number of sulfone groups is 1. The molecule has 0 aromatic heterocycles.